The number of nitrogens with two attached hydrogens (primary N) is 1. The second kappa shape index (κ2) is 9.33. The Labute approximate surface area is 230 Å². The Balaban J connectivity index is 0.000000133. The summed E-state index contributed by atoms with van der Waals surface area (Å²) in [6.07, 6.45) is 9.55. The van der Waals surface area contributed by atoms with E-state index in [-0.39, 0.29) is 21.7 Å². The molecule has 8 heteroatoms. The molecule has 8 rings (SSSR count). The summed E-state index contributed by atoms with van der Waals surface area (Å²) in [6.45, 7) is 0. The molecule has 2 heterocycles. The Bertz CT molecular complexity index is 1850. The van der Waals surface area contributed by atoms with Gasteiger partial charge in [0.05, 0.1) is 16.3 Å². The highest BCUT2D eigenvalue weighted by atomic mass is 16.6. The molecule has 0 bridgehead atoms. The van der Waals surface area contributed by atoms with E-state index in [9.17, 15) is 19.7 Å². The van der Waals surface area contributed by atoms with Gasteiger partial charge in [0.15, 0.2) is 0 Å². The highest BCUT2D eigenvalue weighted by molar-refractivity contribution is 5.80. The fourth-order valence-corrected chi connectivity index (χ4v) is 7.21. The highest BCUT2D eigenvalue weighted by Crippen LogP contribution is 2.43. The third kappa shape index (κ3) is 3.73. The van der Waals surface area contributed by atoms with E-state index in [1.54, 1.807) is 6.07 Å². The van der Waals surface area contributed by atoms with Crippen molar-refractivity contribution in [2.45, 2.75) is 64.2 Å². The van der Waals surface area contributed by atoms with Crippen molar-refractivity contribution in [2.24, 2.45) is 0 Å². The van der Waals surface area contributed by atoms with Crippen molar-refractivity contribution in [3.63, 3.8) is 0 Å². The molecule has 0 unspecified atom stereocenters. The number of hydrogen-bond acceptors (Lipinski definition) is 5. The molecule has 4 aromatic rings. The van der Waals surface area contributed by atoms with Gasteiger partial charge in [0.1, 0.15) is 0 Å². The number of rotatable bonds is 1. The Morgan fingerprint density at radius 2 is 1.10 bits per heavy atom. The topological polar surface area (TPSA) is 135 Å². The first-order valence-electron chi connectivity index (χ1n) is 14.1. The minimum Gasteiger partial charge on any atom is -0.398 e. The Kier molecular flexibility index (Phi) is 5.73. The van der Waals surface area contributed by atoms with Crippen molar-refractivity contribution in [1.29, 1.82) is 0 Å². The molecule has 4 aliphatic rings. The number of aromatic amines is 2. The van der Waals surface area contributed by atoms with Gasteiger partial charge in [-0.2, -0.15) is 0 Å². The molecule has 0 amide bonds. The highest BCUT2D eigenvalue weighted by Gasteiger charge is 2.31. The molecule has 0 saturated carbocycles. The van der Waals surface area contributed by atoms with Gasteiger partial charge in [0.2, 0.25) is 0 Å². The smallest absolute Gasteiger partial charge is 0.273 e. The zero-order valence-corrected chi connectivity index (χ0v) is 22.2. The molecule has 4 aliphatic carbocycles. The van der Waals surface area contributed by atoms with E-state index >= 15 is 0 Å². The van der Waals surface area contributed by atoms with Crippen LogP contribution in [-0.2, 0) is 38.5 Å². The predicted molar refractivity (Wildman–Crippen MR) is 155 cm³/mol. The lowest BCUT2D eigenvalue weighted by molar-refractivity contribution is -0.385. The largest absolute Gasteiger partial charge is 0.398 e. The Hall–Kier alpha value is -4.46. The first kappa shape index (κ1) is 24.6. The molecule has 0 fully saturated rings. The maximum absolute atomic E-state index is 12.3. The van der Waals surface area contributed by atoms with Gasteiger partial charge < -0.3 is 15.7 Å². The van der Waals surface area contributed by atoms with Crippen LogP contribution in [0.25, 0.3) is 22.5 Å². The SMILES string of the molecule is Nc1cccc2c1Cc1c-2[nH]c(=O)c2c1CCCC2.O=c1[nH]c2c(c3c1CCCC3)Cc1c-2cccc1[N+](=O)[O-]. The molecule has 0 saturated heterocycles. The summed E-state index contributed by atoms with van der Waals surface area (Å²) in [5.41, 5.74) is 19.5. The van der Waals surface area contributed by atoms with Crippen LogP contribution in [-0.4, -0.2) is 14.9 Å². The van der Waals surface area contributed by atoms with Crippen molar-refractivity contribution in [3.05, 3.63) is 112 Å². The van der Waals surface area contributed by atoms with Gasteiger partial charge in [0.25, 0.3) is 16.8 Å². The molecule has 0 aliphatic heterocycles. The first-order valence-corrected chi connectivity index (χ1v) is 14.1. The zero-order chi connectivity index (χ0) is 27.5. The summed E-state index contributed by atoms with van der Waals surface area (Å²) in [5, 5.41) is 11.2. The summed E-state index contributed by atoms with van der Waals surface area (Å²) in [5.74, 6) is 0. The van der Waals surface area contributed by atoms with Crippen LogP contribution < -0.4 is 16.9 Å². The van der Waals surface area contributed by atoms with E-state index in [1.165, 1.54) is 29.2 Å². The maximum atomic E-state index is 12.3. The molecule has 4 N–H and O–H groups in total. The van der Waals surface area contributed by atoms with Gasteiger partial charge in [-0.05, 0) is 85.3 Å². The number of nitrogen functional groups attached to an aromatic ring is 1. The minimum absolute atomic E-state index is 0.0252. The van der Waals surface area contributed by atoms with Crippen LogP contribution in [0.5, 0.6) is 0 Å². The number of fused-ring (bicyclic) bond motifs is 10. The third-order valence-electron chi connectivity index (χ3n) is 9.10. The number of nitrogens with one attached hydrogen (secondary N) is 2. The van der Waals surface area contributed by atoms with Crippen molar-refractivity contribution in [3.8, 4) is 22.5 Å². The summed E-state index contributed by atoms with van der Waals surface area (Å²) in [4.78, 5) is 41.4. The molecule has 2 aromatic heterocycles. The summed E-state index contributed by atoms with van der Waals surface area (Å²) >= 11 is 0. The lowest BCUT2D eigenvalue weighted by Gasteiger charge is -2.18. The van der Waals surface area contributed by atoms with E-state index in [1.807, 2.05) is 18.2 Å². The Morgan fingerprint density at radius 1 is 0.625 bits per heavy atom. The number of anilines is 1. The number of aromatic nitrogens is 2. The minimum atomic E-state index is -0.338. The van der Waals surface area contributed by atoms with Crippen LogP contribution in [0.1, 0.15) is 70.2 Å². The summed E-state index contributed by atoms with van der Waals surface area (Å²) < 4.78 is 0. The average molecular weight is 535 g/mol. The fraction of sp³-hybridized carbons (Fsp3) is 0.312. The lowest BCUT2D eigenvalue weighted by atomic mass is 9.88. The van der Waals surface area contributed by atoms with Crippen molar-refractivity contribution < 1.29 is 4.92 Å². The van der Waals surface area contributed by atoms with Gasteiger partial charge in [0, 0.05) is 52.4 Å². The average Bonchev–Trinajstić information content (AvgIpc) is 3.53. The van der Waals surface area contributed by atoms with Crippen LogP contribution in [0.2, 0.25) is 0 Å². The number of benzene rings is 2. The lowest BCUT2D eigenvalue weighted by Crippen LogP contribution is -2.21. The van der Waals surface area contributed by atoms with Crippen LogP contribution in [0.15, 0.2) is 46.0 Å². The molecular weight excluding hydrogens is 504 g/mol. The van der Waals surface area contributed by atoms with E-state index in [4.69, 9.17) is 5.73 Å². The summed E-state index contributed by atoms with van der Waals surface area (Å²) in [7, 11) is 0. The summed E-state index contributed by atoms with van der Waals surface area (Å²) in [6, 6.07) is 11.0. The maximum Gasteiger partial charge on any atom is 0.273 e. The molecule has 40 heavy (non-hydrogen) atoms. The number of hydrogen-bond donors (Lipinski definition) is 3. The van der Waals surface area contributed by atoms with Crippen LogP contribution in [0.3, 0.4) is 0 Å². The normalized spacial score (nSPS) is 15.5. The quantitative estimate of drug-likeness (QED) is 0.153. The van der Waals surface area contributed by atoms with E-state index in [0.29, 0.717) is 6.42 Å². The standard InChI is InChI=1S/C16H14N2O3.C16H16N2O/c19-16-11-5-2-1-4-9(11)13-8-12-10(15(13)17-16)6-3-7-14(12)18(20)21;17-14-7-3-6-10-12(14)8-13-9-4-1-2-5-11(9)16(19)18-15(10)13/h3,6-7H,1-2,4-5,8H2,(H,17,19);3,6-7H,1-2,4-5,8,17H2,(H,18,19). The number of nitro benzene ring substituents is 1. The molecule has 8 nitrogen and oxygen atoms in total. The fourth-order valence-electron chi connectivity index (χ4n) is 7.21. The van der Waals surface area contributed by atoms with Crippen molar-refractivity contribution >= 4 is 11.4 Å². The number of nitrogens with zero attached hydrogens (tertiary/aromatic N) is 1. The molecule has 2 aromatic carbocycles. The number of nitro groups is 1. The second-order valence-corrected chi connectivity index (χ2v) is 11.2. The van der Waals surface area contributed by atoms with Gasteiger partial charge in [-0.15, -0.1) is 0 Å². The van der Waals surface area contributed by atoms with Gasteiger partial charge >= 0.3 is 0 Å². The van der Waals surface area contributed by atoms with Gasteiger partial charge in [-0.1, -0.05) is 24.3 Å². The molecule has 0 spiro atoms. The molecular formula is C32H30N4O4. The zero-order valence-electron chi connectivity index (χ0n) is 22.2. The van der Waals surface area contributed by atoms with E-state index in [2.05, 4.69) is 16.0 Å². The Morgan fingerprint density at radius 3 is 1.65 bits per heavy atom. The first-order chi connectivity index (χ1) is 19.4. The predicted octanol–water partition coefficient (Wildman–Crippen LogP) is 5.14. The van der Waals surface area contributed by atoms with Crippen LogP contribution in [0, 0.1) is 10.1 Å². The monoisotopic (exact) mass is 534 g/mol. The van der Waals surface area contributed by atoms with Gasteiger partial charge in [-0.25, -0.2) is 0 Å². The molecule has 0 atom stereocenters. The van der Waals surface area contributed by atoms with Crippen molar-refractivity contribution in [2.75, 3.05) is 5.73 Å². The van der Waals surface area contributed by atoms with E-state index in [0.717, 1.165) is 107 Å². The number of H-pyrrole nitrogens is 2. The van der Waals surface area contributed by atoms with Crippen molar-refractivity contribution in [1.82, 2.24) is 9.97 Å². The molecule has 0 radical (unpaired) electrons. The second-order valence-electron chi connectivity index (χ2n) is 11.2. The van der Waals surface area contributed by atoms with Crippen LogP contribution >= 0.6 is 0 Å². The van der Waals surface area contributed by atoms with E-state index < -0.39 is 0 Å². The number of pyridine rings is 2. The molecule has 202 valence electrons. The van der Waals surface area contributed by atoms with Gasteiger partial charge in [-0.3, -0.25) is 19.7 Å². The third-order valence-corrected chi connectivity index (χ3v) is 9.10. The van der Waals surface area contributed by atoms with Crippen LogP contribution in [0.4, 0.5) is 11.4 Å².